The summed E-state index contributed by atoms with van der Waals surface area (Å²) < 4.78 is 0. The van der Waals surface area contributed by atoms with Crippen molar-refractivity contribution in [2.24, 2.45) is 0 Å². The molecule has 2 atom stereocenters. The molecule has 22 heavy (non-hydrogen) atoms. The summed E-state index contributed by atoms with van der Waals surface area (Å²) >= 11 is 0. The number of likely N-dealkylation sites (tertiary alicyclic amines) is 1. The molecule has 1 amide bonds. The largest absolute Gasteiger partial charge is 0.336 e. The third-order valence-corrected chi connectivity index (χ3v) is 4.48. The number of fused-ring (bicyclic) bond motifs is 1. The molecule has 0 saturated carbocycles. The van der Waals surface area contributed by atoms with E-state index < -0.39 is 0 Å². The smallest absolute Gasteiger partial charge is 0.255 e. The molecule has 4 rings (SSSR count). The second-order valence-electron chi connectivity index (χ2n) is 5.58. The summed E-state index contributed by atoms with van der Waals surface area (Å²) in [7, 11) is 0. The Morgan fingerprint density at radius 2 is 1.86 bits per heavy atom. The van der Waals surface area contributed by atoms with E-state index in [4.69, 9.17) is 0 Å². The normalized spacial score (nSPS) is 23.6. The van der Waals surface area contributed by atoms with Crippen LogP contribution in [-0.2, 0) is 0 Å². The molecule has 2 aromatic rings. The lowest BCUT2D eigenvalue weighted by atomic mass is 10.1. The summed E-state index contributed by atoms with van der Waals surface area (Å²) in [6.07, 6.45) is 8.51. The molecule has 0 unspecified atom stereocenters. The number of nitrogens with zero attached hydrogens (tertiary/aromatic N) is 6. The molecule has 7 heteroatoms. The summed E-state index contributed by atoms with van der Waals surface area (Å²) in [5.74, 6) is 0.799. The van der Waals surface area contributed by atoms with Gasteiger partial charge >= 0.3 is 0 Å². The Kier molecular flexibility index (Phi) is 3.17. The quantitative estimate of drug-likeness (QED) is 0.814. The fraction of sp³-hybridized carbons (Fsp3) is 0.400. The van der Waals surface area contributed by atoms with E-state index >= 15 is 0 Å². The van der Waals surface area contributed by atoms with Crippen molar-refractivity contribution in [2.45, 2.75) is 24.9 Å². The van der Waals surface area contributed by atoms with Gasteiger partial charge in [0.2, 0.25) is 5.95 Å². The van der Waals surface area contributed by atoms with Crippen LogP contribution < -0.4 is 4.90 Å². The van der Waals surface area contributed by atoms with Gasteiger partial charge in [0, 0.05) is 25.5 Å². The standard InChI is InChI=1S/C15H16N6O/c22-14(11-2-7-18-19-10-11)20-8-3-13-12(20)4-9-21(13)15-16-5-1-6-17-15/h1-2,5-7,10,12-13H,3-4,8-9H2/t12-,13+/m1/s1. The molecule has 0 bridgehead atoms. The minimum Gasteiger partial charge on any atom is -0.336 e. The van der Waals surface area contributed by atoms with Gasteiger partial charge in [0.05, 0.1) is 30.0 Å². The van der Waals surface area contributed by atoms with Crippen molar-refractivity contribution in [3.05, 3.63) is 42.5 Å². The number of carbonyl (C=O) groups excluding carboxylic acids is 1. The molecule has 2 saturated heterocycles. The lowest BCUT2D eigenvalue weighted by molar-refractivity contribution is 0.0737. The molecule has 0 spiro atoms. The highest BCUT2D eigenvalue weighted by Crippen LogP contribution is 2.34. The number of hydrogen-bond donors (Lipinski definition) is 0. The maximum absolute atomic E-state index is 12.6. The van der Waals surface area contributed by atoms with Gasteiger partial charge in [0.1, 0.15) is 0 Å². The molecule has 0 aromatic carbocycles. The average molecular weight is 296 g/mol. The Bertz CT molecular complexity index is 664. The molecular weight excluding hydrogens is 280 g/mol. The second-order valence-corrected chi connectivity index (χ2v) is 5.58. The molecule has 2 aliphatic rings. The minimum absolute atomic E-state index is 0.0400. The van der Waals surface area contributed by atoms with Crippen LogP contribution in [0.2, 0.25) is 0 Å². The summed E-state index contributed by atoms with van der Waals surface area (Å²) in [6.45, 7) is 1.65. The highest BCUT2D eigenvalue weighted by Gasteiger charge is 2.45. The van der Waals surface area contributed by atoms with Gasteiger partial charge in [0.25, 0.3) is 5.91 Å². The average Bonchev–Trinajstić information content (AvgIpc) is 3.17. The van der Waals surface area contributed by atoms with Crippen LogP contribution in [0.1, 0.15) is 23.2 Å². The fourth-order valence-electron chi connectivity index (χ4n) is 3.51. The van der Waals surface area contributed by atoms with Gasteiger partial charge in [-0.3, -0.25) is 4.79 Å². The summed E-state index contributed by atoms with van der Waals surface area (Å²) in [5.41, 5.74) is 0.602. The molecular formula is C15H16N6O. The monoisotopic (exact) mass is 296 g/mol. The summed E-state index contributed by atoms with van der Waals surface area (Å²) in [4.78, 5) is 25.5. The predicted molar refractivity (Wildman–Crippen MR) is 79.3 cm³/mol. The first-order valence-corrected chi connectivity index (χ1v) is 7.46. The highest BCUT2D eigenvalue weighted by molar-refractivity contribution is 5.94. The van der Waals surface area contributed by atoms with Gasteiger partial charge in [-0.1, -0.05) is 0 Å². The number of amides is 1. The van der Waals surface area contributed by atoms with E-state index in [1.807, 2.05) is 11.0 Å². The lowest BCUT2D eigenvalue weighted by Gasteiger charge is -2.25. The van der Waals surface area contributed by atoms with Gasteiger partial charge in [-0.2, -0.15) is 10.2 Å². The van der Waals surface area contributed by atoms with Crippen LogP contribution >= 0.6 is 0 Å². The van der Waals surface area contributed by atoms with Crippen LogP contribution in [0.4, 0.5) is 5.95 Å². The third kappa shape index (κ3) is 2.09. The number of carbonyl (C=O) groups is 1. The summed E-state index contributed by atoms with van der Waals surface area (Å²) in [6, 6.07) is 4.07. The molecule has 2 aliphatic heterocycles. The van der Waals surface area contributed by atoms with Gasteiger partial charge in [0.15, 0.2) is 0 Å². The zero-order valence-corrected chi connectivity index (χ0v) is 12.0. The van der Waals surface area contributed by atoms with Crippen molar-refractivity contribution in [1.82, 2.24) is 25.1 Å². The Hall–Kier alpha value is -2.57. The zero-order valence-electron chi connectivity index (χ0n) is 12.0. The van der Waals surface area contributed by atoms with E-state index in [1.54, 1.807) is 24.7 Å². The zero-order chi connectivity index (χ0) is 14.9. The Morgan fingerprint density at radius 1 is 1.05 bits per heavy atom. The molecule has 2 aromatic heterocycles. The Labute approximate surface area is 128 Å². The van der Waals surface area contributed by atoms with Crippen LogP contribution in [0, 0.1) is 0 Å². The molecule has 0 aliphatic carbocycles. The van der Waals surface area contributed by atoms with Crippen molar-refractivity contribution in [2.75, 3.05) is 18.0 Å². The first kappa shape index (κ1) is 13.1. The van der Waals surface area contributed by atoms with Gasteiger partial charge in [-0.15, -0.1) is 0 Å². The predicted octanol–water partition coefficient (Wildman–Crippen LogP) is 0.760. The van der Waals surface area contributed by atoms with Gasteiger partial charge in [-0.05, 0) is 25.0 Å². The number of anilines is 1. The van der Waals surface area contributed by atoms with Gasteiger partial charge in [-0.25, -0.2) is 9.97 Å². The molecule has 0 N–H and O–H groups in total. The molecule has 112 valence electrons. The van der Waals surface area contributed by atoms with Crippen LogP contribution in [0.15, 0.2) is 36.9 Å². The summed E-state index contributed by atoms with van der Waals surface area (Å²) in [5, 5.41) is 7.52. The van der Waals surface area contributed by atoms with Crippen molar-refractivity contribution in [3.8, 4) is 0 Å². The second kappa shape index (κ2) is 5.32. The molecule has 7 nitrogen and oxygen atoms in total. The molecule has 4 heterocycles. The fourth-order valence-corrected chi connectivity index (χ4v) is 3.51. The van der Waals surface area contributed by atoms with Crippen LogP contribution in [0.5, 0.6) is 0 Å². The Morgan fingerprint density at radius 3 is 2.64 bits per heavy atom. The molecule has 2 fully saturated rings. The number of hydrogen-bond acceptors (Lipinski definition) is 6. The van der Waals surface area contributed by atoms with Crippen molar-refractivity contribution in [1.29, 1.82) is 0 Å². The van der Waals surface area contributed by atoms with E-state index in [2.05, 4.69) is 25.1 Å². The van der Waals surface area contributed by atoms with E-state index in [0.717, 1.165) is 31.9 Å². The molecule has 0 radical (unpaired) electrons. The first-order valence-electron chi connectivity index (χ1n) is 7.46. The number of rotatable bonds is 2. The van der Waals surface area contributed by atoms with Crippen LogP contribution in [0.3, 0.4) is 0 Å². The van der Waals surface area contributed by atoms with Crippen LogP contribution in [-0.4, -0.2) is 56.1 Å². The van der Waals surface area contributed by atoms with Crippen LogP contribution in [0.25, 0.3) is 0 Å². The SMILES string of the molecule is O=C(c1ccnnc1)N1CC[C@H]2[C@H]1CCN2c1ncccn1. The highest BCUT2D eigenvalue weighted by atomic mass is 16.2. The van der Waals surface area contributed by atoms with Gasteiger partial charge < -0.3 is 9.80 Å². The minimum atomic E-state index is 0.0400. The lowest BCUT2D eigenvalue weighted by Crippen LogP contribution is -2.40. The van der Waals surface area contributed by atoms with E-state index in [1.165, 1.54) is 6.20 Å². The number of aromatic nitrogens is 4. The van der Waals surface area contributed by atoms with Crippen molar-refractivity contribution >= 4 is 11.9 Å². The third-order valence-electron chi connectivity index (χ3n) is 4.48. The Balaban J connectivity index is 1.55. The maximum Gasteiger partial charge on any atom is 0.255 e. The van der Waals surface area contributed by atoms with E-state index in [0.29, 0.717) is 11.6 Å². The topological polar surface area (TPSA) is 75.1 Å². The van der Waals surface area contributed by atoms with E-state index in [9.17, 15) is 4.79 Å². The first-order chi connectivity index (χ1) is 10.8. The van der Waals surface area contributed by atoms with Crippen molar-refractivity contribution in [3.63, 3.8) is 0 Å². The van der Waals surface area contributed by atoms with Crippen molar-refractivity contribution < 1.29 is 4.79 Å². The maximum atomic E-state index is 12.6. The van der Waals surface area contributed by atoms with E-state index in [-0.39, 0.29) is 11.9 Å².